The summed E-state index contributed by atoms with van der Waals surface area (Å²) < 4.78 is 2.13. The minimum absolute atomic E-state index is 0.292. The zero-order valence-corrected chi connectivity index (χ0v) is 14.8. The first-order chi connectivity index (χ1) is 12.5. The van der Waals surface area contributed by atoms with Crippen molar-refractivity contribution in [2.24, 2.45) is 0 Å². The predicted molar refractivity (Wildman–Crippen MR) is 99.8 cm³/mol. The number of amides is 3. The van der Waals surface area contributed by atoms with E-state index in [0.717, 1.165) is 38.4 Å². The zero-order chi connectivity index (χ0) is 18.4. The molecule has 0 spiro atoms. The molecule has 0 atom stereocenters. The second kappa shape index (κ2) is 5.84. The number of hydrogen-bond acceptors (Lipinski definition) is 3. The highest BCUT2D eigenvalue weighted by Gasteiger charge is 2.30. The van der Waals surface area contributed by atoms with E-state index in [2.05, 4.69) is 20.9 Å². The molecule has 0 radical (unpaired) electrons. The Balaban J connectivity index is 1.79. The molecule has 0 aliphatic carbocycles. The van der Waals surface area contributed by atoms with Gasteiger partial charge in [-0.3, -0.25) is 14.7 Å². The summed E-state index contributed by atoms with van der Waals surface area (Å²) in [5.41, 5.74) is 5.21. The standard InChI is InChI=1S/C20H18N4O2/c1-12-9-15(11-18-19(25)23(3)20(26)22-18)13(2)24(12)16-6-7-17-14(10-16)5-4-8-21-17/h4-11H,1-3H3,(H,22,26)/b18-11+. The van der Waals surface area contributed by atoms with Gasteiger partial charge in [-0.2, -0.15) is 0 Å². The van der Waals surface area contributed by atoms with Gasteiger partial charge < -0.3 is 9.88 Å². The molecular formula is C20H18N4O2. The molecule has 0 unspecified atom stereocenters. The number of likely N-dealkylation sites (N-methyl/N-ethyl adjacent to an activating group) is 1. The molecule has 130 valence electrons. The van der Waals surface area contributed by atoms with Gasteiger partial charge in [0.25, 0.3) is 5.91 Å². The van der Waals surface area contributed by atoms with Crippen LogP contribution in [0.5, 0.6) is 0 Å². The van der Waals surface area contributed by atoms with Crippen LogP contribution in [0.4, 0.5) is 4.79 Å². The molecule has 2 aromatic heterocycles. The van der Waals surface area contributed by atoms with Crippen molar-refractivity contribution in [3.63, 3.8) is 0 Å². The number of urea groups is 1. The number of nitrogens with one attached hydrogen (secondary N) is 1. The molecule has 0 bridgehead atoms. The van der Waals surface area contributed by atoms with Gasteiger partial charge in [0.05, 0.1) is 5.52 Å². The topological polar surface area (TPSA) is 67.2 Å². The van der Waals surface area contributed by atoms with Crippen molar-refractivity contribution in [3.8, 4) is 5.69 Å². The lowest BCUT2D eigenvalue weighted by atomic mass is 10.2. The summed E-state index contributed by atoms with van der Waals surface area (Å²) in [6.07, 6.45) is 3.51. The number of rotatable bonds is 2. The van der Waals surface area contributed by atoms with Crippen LogP contribution in [-0.2, 0) is 4.79 Å². The van der Waals surface area contributed by atoms with Crippen LogP contribution in [-0.4, -0.2) is 33.4 Å². The Morgan fingerprint density at radius 3 is 2.65 bits per heavy atom. The fourth-order valence-corrected chi connectivity index (χ4v) is 3.31. The number of carbonyl (C=O) groups excluding carboxylic acids is 2. The van der Waals surface area contributed by atoms with E-state index in [1.165, 1.54) is 7.05 Å². The first-order valence-corrected chi connectivity index (χ1v) is 8.30. The first kappa shape index (κ1) is 16.1. The van der Waals surface area contributed by atoms with Crippen molar-refractivity contribution in [1.82, 2.24) is 19.8 Å². The maximum absolute atomic E-state index is 12.1. The zero-order valence-electron chi connectivity index (χ0n) is 14.8. The third-order valence-corrected chi connectivity index (χ3v) is 4.70. The molecule has 1 saturated heterocycles. The van der Waals surface area contributed by atoms with E-state index < -0.39 is 6.03 Å². The number of aryl methyl sites for hydroxylation is 1. The summed E-state index contributed by atoms with van der Waals surface area (Å²) in [5, 5.41) is 3.67. The number of carbonyl (C=O) groups is 2. The van der Waals surface area contributed by atoms with Gasteiger partial charge in [0.1, 0.15) is 5.70 Å². The van der Waals surface area contributed by atoms with Crippen LogP contribution in [0.15, 0.2) is 48.3 Å². The Labute approximate surface area is 150 Å². The quantitative estimate of drug-likeness (QED) is 0.572. The van der Waals surface area contributed by atoms with Crippen LogP contribution >= 0.6 is 0 Å². The summed E-state index contributed by atoms with van der Waals surface area (Å²) in [7, 11) is 1.46. The van der Waals surface area contributed by atoms with Crippen molar-refractivity contribution in [2.75, 3.05) is 7.05 Å². The lowest BCUT2D eigenvalue weighted by molar-refractivity contribution is -0.121. The third-order valence-electron chi connectivity index (χ3n) is 4.70. The van der Waals surface area contributed by atoms with Crippen molar-refractivity contribution >= 4 is 28.9 Å². The van der Waals surface area contributed by atoms with Gasteiger partial charge in [0.15, 0.2) is 0 Å². The Kier molecular flexibility index (Phi) is 3.61. The number of fused-ring (bicyclic) bond motifs is 1. The minimum atomic E-state index is -0.405. The largest absolute Gasteiger partial charge is 0.328 e. The summed E-state index contributed by atoms with van der Waals surface area (Å²) in [4.78, 5) is 29.2. The van der Waals surface area contributed by atoms with Crippen molar-refractivity contribution in [3.05, 3.63) is 65.2 Å². The van der Waals surface area contributed by atoms with E-state index in [1.54, 1.807) is 12.3 Å². The minimum Gasteiger partial charge on any atom is -0.318 e. The van der Waals surface area contributed by atoms with E-state index in [4.69, 9.17) is 0 Å². The van der Waals surface area contributed by atoms with Gasteiger partial charge in [-0.1, -0.05) is 6.07 Å². The van der Waals surface area contributed by atoms with E-state index in [9.17, 15) is 9.59 Å². The molecule has 1 aliphatic rings. The number of imide groups is 1. The Bertz CT molecular complexity index is 1090. The van der Waals surface area contributed by atoms with E-state index in [-0.39, 0.29) is 5.91 Å². The SMILES string of the molecule is Cc1cc(/C=C2/NC(=O)N(C)C2=O)c(C)n1-c1ccc2ncccc2c1. The summed E-state index contributed by atoms with van der Waals surface area (Å²) in [6, 6.07) is 11.7. The highest BCUT2D eigenvalue weighted by atomic mass is 16.2. The van der Waals surface area contributed by atoms with Crippen LogP contribution in [0, 0.1) is 13.8 Å². The lowest BCUT2D eigenvalue weighted by Gasteiger charge is -2.10. The molecule has 1 fully saturated rings. The highest BCUT2D eigenvalue weighted by Crippen LogP contribution is 2.25. The number of hydrogen-bond donors (Lipinski definition) is 1. The van der Waals surface area contributed by atoms with Crippen LogP contribution in [0.25, 0.3) is 22.7 Å². The van der Waals surface area contributed by atoms with Gasteiger partial charge in [-0.15, -0.1) is 0 Å². The number of benzene rings is 1. The molecule has 3 amide bonds. The Hall–Kier alpha value is -3.41. The molecule has 3 aromatic rings. The van der Waals surface area contributed by atoms with Crippen molar-refractivity contribution in [2.45, 2.75) is 13.8 Å². The first-order valence-electron chi connectivity index (χ1n) is 8.30. The molecule has 1 N–H and O–H groups in total. The van der Waals surface area contributed by atoms with E-state index in [1.807, 2.05) is 44.2 Å². The van der Waals surface area contributed by atoms with Crippen LogP contribution in [0.1, 0.15) is 17.0 Å². The molecule has 6 nitrogen and oxygen atoms in total. The lowest BCUT2D eigenvalue weighted by Crippen LogP contribution is -2.25. The number of pyridine rings is 1. The van der Waals surface area contributed by atoms with Gasteiger partial charge >= 0.3 is 6.03 Å². The second-order valence-electron chi connectivity index (χ2n) is 6.39. The molecule has 26 heavy (non-hydrogen) atoms. The van der Waals surface area contributed by atoms with Crippen LogP contribution in [0.2, 0.25) is 0 Å². The molecule has 6 heteroatoms. The van der Waals surface area contributed by atoms with Gasteiger partial charge in [0, 0.05) is 35.7 Å². The fraction of sp³-hybridized carbons (Fsp3) is 0.150. The smallest absolute Gasteiger partial charge is 0.318 e. The van der Waals surface area contributed by atoms with Crippen molar-refractivity contribution < 1.29 is 9.59 Å². The Morgan fingerprint density at radius 1 is 1.12 bits per heavy atom. The van der Waals surface area contributed by atoms with Crippen molar-refractivity contribution in [1.29, 1.82) is 0 Å². The summed E-state index contributed by atoms with van der Waals surface area (Å²) in [5.74, 6) is -0.323. The molecule has 4 rings (SSSR count). The number of nitrogens with zero attached hydrogens (tertiary/aromatic N) is 3. The molecule has 1 aliphatic heterocycles. The highest BCUT2D eigenvalue weighted by molar-refractivity contribution is 6.13. The van der Waals surface area contributed by atoms with Gasteiger partial charge in [0.2, 0.25) is 0 Å². The third kappa shape index (κ3) is 2.47. The molecule has 0 saturated carbocycles. The van der Waals surface area contributed by atoms with Gasteiger partial charge in [-0.05, 0) is 55.8 Å². The average molecular weight is 346 g/mol. The van der Waals surface area contributed by atoms with Gasteiger partial charge in [-0.25, -0.2) is 4.79 Å². The Morgan fingerprint density at radius 2 is 1.92 bits per heavy atom. The summed E-state index contributed by atoms with van der Waals surface area (Å²) in [6.45, 7) is 4.02. The van der Waals surface area contributed by atoms with E-state index in [0.29, 0.717) is 5.70 Å². The monoisotopic (exact) mass is 346 g/mol. The average Bonchev–Trinajstić information content (AvgIpc) is 3.05. The predicted octanol–water partition coefficient (Wildman–Crippen LogP) is 3.16. The second-order valence-corrected chi connectivity index (χ2v) is 6.39. The maximum atomic E-state index is 12.1. The summed E-state index contributed by atoms with van der Waals surface area (Å²) >= 11 is 0. The normalized spacial score (nSPS) is 16.0. The van der Waals surface area contributed by atoms with Crippen LogP contribution < -0.4 is 5.32 Å². The molecule has 3 heterocycles. The fourth-order valence-electron chi connectivity index (χ4n) is 3.31. The van der Waals surface area contributed by atoms with E-state index >= 15 is 0 Å². The molecule has 1 aromatic carbocycles. The number of aromatic nitrogens is 2. The molecular weight excluding hydrogens is 328 g/mol. The maximum Gasteiger partial charge on any atom is 0.328 e. The van der Waals surface area contributed by atoms with Crippen LogP contribution in [0.3, 0.4) is 0 Å².